The van der Waals surface area contributed by atoms with Crippen molar-refractivity contribution in [1.82, 2.24) is 14.7 Å². The van der Waals surface area contributed by atoms with Crippen molar-refractivity contribution in [3.05, 3.63) is 60.4 Å². The van der Waals surface area contributed by atoms with Gasteiger partial charge in [-0.15, -0.1) is 0 Å². The third-order valence-electron chi connectivity index (χ3n) is 4.06. The molecule has 0 spiro atoms. The number of imidazole rings is 1. The van der Waals surface area contributed by atoms with E-state index in [0.717, 1.165) is 5.56 Å². The number of fused-ring (bicyclic) bond motifs is 1. The van der Waals surface area contributed by atoms with Crippen LogP contribution in [0, 0.1) is 0 Å². The average Bonchev–Trinajstić information content (AvgIpc) is 2.99. The van der Waals surface area contributed by atoms with Gasteiger partial charge in [0.2, 0.25) is 0 Å². The summed E-state index contributed by atoms with van der Waals surface area (Å²) in [5, 5.41) is 12.1. The van der Waals surface area contributed by atoms with Crippen LogP contribution in [0.1, 0.15) is 26.5 Å². The highest BCUT2D eigenvalue weighted by atomic mass is 16.6. The number of carboxylic acid groups (broad SMARTS) is 1. The molecule has 7 nitrogen and oxygen atoms in total. The predicted octanol–water partition coefficient (Wildman–Crippen LogP) is 3.52. The first-order valence-corrected chi connectivity index (χ1v) is 8.98. The zero-order valence-electron chi connectivity index (χ0n) is 16.0. The predicted molar refractivity (Wildman–Crippen MR) is 105 cm³/mol. The van der Waals surface area contributed by atoms with Crippen LogP contribution in [0.15, 0.2) is 54.7 Å². The molecular weight excluding hydrogens is 358 g/mol. The molecule has 0 saturated carbocycles. The highest BCUT2D eigenvalue weighted by molar-refractivity contribution is 5.81. The van der Waals surface area contributed by atoms with E-state index in [4.69, 9.17) is 4.74 Å². The SMILES string of the molecule is CC(C)(C)OC(=O)NC(Cc1c(-c2ccccc2)nc2ccccn12)C(=O)O. The van der Waals surface area contributed by atoms with Crippen LogP contribution in [0.2, 0.25) is 0 Å². The molecule has 1 unspecified atom stereocenters. The first kappa shape index (κ1) is 19.4. The van der Waals surface area contributed by atoms with Gasteiger partial charge in [0.15, 0.2) is 0 Å². The third-order valence-corrected chi connectivity index (χ3v) is 4.06. The van der Waals surface area contributed by atoms with E-state index in [1.54, 1.807) is 20.8 Å². The summed E-state index contributed by atoms with van der Waals surface area (Å²) in [7, 11) is 0. The van der Waals surface area contributed by atoms with Gasteiger partial charge in [-0.2, -0.15) is 0 Å². The standard InChI is InChI=1S/C21H23N3O4/c1-21(2,3)28-20(27)22-15(19(25)26)13-16-18(14-9-5-4-6-10-14)23-17-11-7-8-12-24(16)17/h4-12,15H,13H2,1-3H3,(H,22,27)(H,25,26). The van der Waals surface area contributed by atoms with Crippen molar-refractivity contribution >= 4 is 17.7 Å². The van der Waals surface area contributed by atoms with Gasteiger partial charge in [0.25, 0.3) is 0 Å². The molecule has 146 valence electrons. The number of carbonyl (C=O) groups is 2. The molecule has 28 heavy (non-hydrogen) atoms. The molecule has 0 saturated heterocycles. The molecule has 1 aromatic carbocycles. The summed E-state index contributed by atoms with van der Waals surface area (Å²) in [4.78, 5) is 28.6. The first-order valence-electron chi connectivity index (χ1n) is 8.98. The number of alkyl carbamates (subject to hydrolysis) is 1. The Labute approximate surface area is 163 Å². The highest BCUT2D eigenvalue weighted by Crippen LogP contribution is 2.25. The summed E-state index contributed by atoms with van der Waals surface area (Å²) in [5.74, 6) is -1.14. The number of rotatable bonds is 5. The van der Waals surface area contributed by atoms with Crippen molar-refractivity contribution in [2.75, 3.05) is 0 Å². The summed E-state index contributed by atoms with van der Waals surface area (Å²) in [6.45, 7) is 5.17. The largest absolute Gasteiger partial charge is 0.480 e. The number of nitrogens with zero attached hydrogens (tertiary/aromatic N) is 2. The van der Waals surface area contributed by atoms with Gasteiger partial charge in [-0.1, -0.05) is 36.4 Å². The maximum atomic E-state index is 12.1. The minimum atomic E-state index is -1.16. The average molecular weight is 381 g/mol. The molecule has 0 aliphatic rings. The number of nitrogens with one attached hydrogen (secondary N) is 1. The van der Waals surface area contributed by atoms with Gasteiger partial charge in [0, 0.05) is 18.2 Å². The Morgan fingerprint density at radius 2 is 1.82 bits per heavy atom. The van der Waals surface area contributed by atoms with E-state index < -0.39 is 23.7 Å². The molecule has 3 rings (SSSR count). The van der Waals surface area contributed by atoms with Gasteiger partial charge in [-0.3, -0.25) is 0 Å². The lowest BCUT2D eigenvalue weighted by Crippen LogP contribution is -2.44. The Kier molecular flexibility index (Phi) is 5.35. The van der Waals surface area contributed by atoms with Crippen molar-refractivity contribution < 1.29 is 19.4 Å². The Balaban J connectivity index is 1.97. The van der Waals surface area contributed by atoms with Crippen LogP contribution < -0.4 is 5.32 Å². The van der Waals surface area contributed by atoms with E-state index in [2.05, 4.69) is 10.3 Å². The number of aromatic nitrogens is 2. The summed E-state index contributed by atoms with van der Waals surface area (Å²) < 4.78 is 7.05. The van der Waals surface area contributed by atoms with Gasteiger partial charge in [0.1, 0.15) is 17.3 Å². The molecule has 2 N–H and O–H groups in total. The van der Waals surface area contributed by atoms with Gasteiger partial charge in [0.05, 0.1) is 11.4 Å². The molecular formula is C21H23N3O4. The number of carboxylic acids is 1. The van der Waals surface area contributed by atoms with E-state index in [1.807, 2.05) is 59.1 Å². The van der Waals surface area contributed by atoms with E-state index >= 15 is 0 Å². The molecule has 0 aliphatic carbocycles. The van der Waals surface area contributed by atoms with Crippen molar-refractivity contribution in [1.29, 1.82) is 0 Å². The van der Waals surface area contributed by atoms with Crippen LogP contribution in [0.3, 0.4) is 0 Å². The van der Waals surface area contributed by atoms with Gasteiger partial charge in [-0.25, -0.2) is 14.6 Å². The summed E-state index contributed by atoms with van der Waals surface area (Å²) in [6, 6.07) is 14.0. The number of hydrogen-bond acceptors (Lipinski definition) is 4. The second-order valence-electron chi connectivity index (χ2n) is 7.44. The van der Waals surface area contributed by atoms with Crippen molar-refractivity contribution in [3.63, 3.8) is 0 Å². The number of benzene rings is 1. The second kappa shape index (κ2) is 7.72. The number of amides is 1. The van der Waals surface area contributed by atoms with Crippen molar-refractivity contribution in [2.45, 2.75) is 38.8 Å². The quantitative estimate of drug-likeness (QED) is 0.705. The van der Waals surface area contributed by atoms with Gasteiger partial charge < -0.3 is 19.6 Å². The first-order chi connectivity index (χ1) is 13.2. The van der Waals surface area contributed by atoms with Crippen molar-refractivity contribution in [3.8, 4) is 11.3 Å². The van der Waals surface area contributed by atoms with E-state index in [9.17, 15) is 14.7 Å². The Bertz CT molecular complexity index is 990. The van der Waals surface area contributed by atoms with Crippen LogP contribution in [0.4, 0.5) is 4.79 Å². The van der Waals surface area contributed by atoms with E-state index in [0.29, 0.717) is 17.0 Å². The van der Waals surface area contributed by atoms with Crippen LogP contribution >= 0.6 is 0 Å². The van der Waals surface area contributed by atoms with Crippen LogP contribution in [0.5, 0.6) is 0 Å². The second-order valence-corrected chi connectivity index (χ2v) is 7.44. The number of hydrogen-bond donors (Lipinski definition) is 2. The Morgan fingerprint density at radius 3 is 2.46 bits per heavy atom. The number of pyridine rings is 1. The molecule has 2 heterocycles. The minimum absolute atomic E-state index is 0.0595. The Hall–Kier alpha value is -3.35. The fourth-order valence-electron chi connectivity index (χ4n) is 2.91. The zero-order chi connectivity index (χ0) is 20.3. The maximum absolute atomic E-state index is 12.1. The number of ether oxygens (including phenoxy) is 1. The fraction of sp³-hybridized carbons (Fsp3) is 0.286. The molecule has 2 aromatic heterocycles. The summed E-state index contributed by atoms with van der Waals surface area (Å²) in [5.41, 5.74) is 2.25. The normalized spacial score (nSPS) is 12.5. The summed E-state index contributed by atoms with van der Waals surface area (Å²) in [6.07, 6.45) is 1.12. The number of carbonyl (C=O) groups excluding carboxylic acids is 1. The van der Waals surface area contributed by atoms with Crippen LogP contribution in [0.25, 0.3) is 16.9 Å². The lowest BCUT2D eigenvalue weighted by molar-refractivity contribution is -0.139. The lowest BCUT2D eigenvalue weighted by Gasteiger charge is -2.22. The monoisotopic (exact) mass is 381 g/mol. The number of aliphatic carboxylic acids is 1. The van der Waals surface area contributed by atoms with E-state index in [-0.39, 0.29) is 6.42 Å². The van der Waals surface area contributed by atoms with E-state index in [1.165, 1.54) is 0 Å². The van der Waals surface area contributed by atoms with Gasteiger partial charge >= 0.3 is 12.1 Å². The maximum Gasteiger partial charge on any atom is 0.408 e. The summed E-state index contributed by atoms with van der Waals surface area (Å²) >= 11 is 0. The van der Waals surface area contributed by atoms with Crippen molar-refractivity contribution in [2.24, 2.45) is 0 Å². The van der Waals surface area contributed by atoms with Crippen LogP contribution in [-0.4, -0.2) is 38.2 Å². The van der Waals surface area contributed by atoms with Gasteiger partial charge in [-0.05, 0) is 32.9 Å². The molecule has 0 bridgehead atoms. The lowest BCUT2D eigenvalue weighted by atomic mass is 10.1. The third kappa shape index (κ3) is 4.49. The molecule has 1 amide bonds. The molecule has 3 aromatic rings. The molecule has 0 radical (unpaired) electrons. The molecule has 0 aliphatic heterocycles. The molecule has 7 heteroatoms. The fourth-order valence-corrected chi connectivity index (χ4v) is 2.91. The molecule has 1 atom stereocenters. The smallest absolute Gasteiger partial charge is 0.408 e. The zero-order valence-corrected chi connectivity index (χ0v) is 16.0. The minimum Gasteiger partial charge on any atom is -0.480 e. The Morgan fingerprint density at radius 1 is 1.14 bits per heavy atom. The topological polar surface area (TPSA) is 92.9 Å². The van der Waals surface area contributed by atoms with Crippen LogP contribution in [-0.2, 0) is 16.0 Å². The highest BCUT2D eigenvalue weighted by Gasteiger charge is 2.27. The molecule has 0 fully saturated rings.